The van der Waals surface area contributed by atoms with Crippen molar-refractivity contribution in [2.75, 3.05) is 17.7 Å². The van der Waals surface area contributed by atoms with Crippen LogP contribution in [0.2, 0.25) is 0 Å². The first kappa shape index (κ1) is 15.1. The monoisotopic (exact) mass is 355 g/mol. The predicted octanol–water partition coefficient (Wildman–Crippen LogP) is 3.91. The van der Waals surface area contributed by atoms with Crippen LogP contribution in [0.1, 0.15) is 19.4 Å². The number of benzene rings is 1. The maximum atomic E-state index is 5.88. The zero-order valence-electron chi connectivity index (χ0n) is 11.8. The van der Waals surface area contributed by atoms with Crippen molar-refractivity contribution in [3.8, 4) is 5.75 Å². The zero-order chi connectivity index (χ0) is 14.7. The molecule has 0 aliphatic heterocycles. The number of nitrogens with two attached hydrogens (primary N) is 1. The highest BCUT2D eigenvalue weighted by atomic mass is 79.9. The van der Waals surface area contributed by atoms with Crippen LogP contribution in [0.4, 0.5) is 10.8 Å². The summed E-state index contributed by atoms with van der Waals surface area (Å²) >= 11 is 4.81. The lowest BCUT2D eigenvalue weighted by Crippen LogP contribution is -2.17. The molecule has 108 valence electrons. The SMILES string of the molecule is CC(C)Oc1c(N)nsc1N(C)Cc1ccc(Br)cc1. The third-order valence-electron chi connectivity index (χ3n) is 2.69. The predicted molar refractivity (Wildman–Crippen MR) is 88.5 cm³/mol. The summed E-state index contributed by atoms with van der Waals surface area (Å²) in [6.07, 6.45) is 0.0773. The molecule has 2 rings (SSSR count). The Morgan fingerprint density at radius 2 is 2.00 bits per heavy atom. The first-order chi connectivity index (χ1) is 9.47. The summed E-state index contributed by atoms with van der Waals surface area (Å²) in [6.45, 7) is 4.74. The number of ether oxygens (including phenoxy) is 1. The third kappa shape index (κ3) is 3.64. The number of nitrogens with zero attached hydrogens (tertiary/aromatic N) is 2. The fourth-order valence-corrected chi connectivity index (χ4v) is 2.78. The van der Waals surface area contributed by atoms with Crippen molar-refractivity contribution >= 4 is 38.3 Å². The van der Waals surface area contributed by atoms with E-state index in [1.807, 2.05) is 33.0 Å². The van der Waals surface area contributed by atoms with Crippen molar-refractivity contribution in [2.24, 2.45) is 0 Å². The molecule has 0 unspecified atom stereocenters. The standard InChI is InChI=1S/C14H18BrN3OS/c1-9(2)19-12-13(16)17-20-14(12)18(3)8-10-4-6-11(15)7-5-10/h4-7,9H,8H2,1-3H3,(H2,16,17). The van der Waals surface area contributed by atoms with E-state index in [0.29, 0.717) is 11.6 Å². The van der Waals surface area contributed by atoms with Crippen LogP contribution in [0.5, 0.6) is 5.75 Å². The molecule has 0 saturated heterocycles. The van der Waals surface area contributed by atoms with E-state index in [1.165, 1.54) is 17.1 Å². The highest BCUT2D eigenvalue weighted by molar-refractivity contribution is 9.10. The fraction of sp³-hybridized carbons (Fsp3) is 0.357. The maximum Gasteiger partial charge on any atom is 0.198 e. The molecule has 6 heteroatoms. The molecule has 0 amide bonds. The summed E-state index contributed by atoms with van der Waals surface area (Å²) in [6, 6.07) is 8.26. The molecular formula is C14H18BrN3OS. The number of nitrogen functional groups attached to an aromatic ring is 1. The molecule has 1 aromatic carbocycles. The van der Waals surface area contributed by atoms with E-state index in [0.717, 1.165) is 16.0 Å². The van der Waals surface area contributed by atoms with Gasteiger partial charge in [-0.15, -0.1) is 0 Å². The van der Waals surface area contributed by atoms with Crippen LogP contribution >= 0.6 is 27.5 Å². The number of halogens is 1. The topological polar surface area (TPSA) is 51.4 Å². The first-order valence-corrected chi connectivity index (χ1v) is 7.91. The van der Waals surface area contributed by atoms with Gasteiger partial charge in [-0.25, -0.2) is 0 Å². The van der Waals surface area contributed by atoms with Crippen LogP contribution in [0.15, 0.2) is 28.7 Å². The minimum atomic E-state index is 0.0773. The van der Waals surface area contributed by atoms with Crippen molar-refractivity contribution in [2.45, 2.75) is 26.5 Å². The van der Waals surface area contributed by atoms with Gasteiger partial charge < -0.3 is 15.4 Å². The van der Waals surface area contributed by atoms with Gasteiger partial charge in [0, 0.05) is 18.1 Å². The van der Waals surface area contributed by atoms with Crippen LogP contribution in [-0.4, -0.2) is 17.5 Å². The van der Waals surface area contributed by atoms with Crippen LogP contribution < -0.4 is 15.4 Å². The Kier molecular flexibility index (Phi) is 4.88. The van der Waals surface area contributed by atoms with Crippen molar-refractivity contribution in [3.63, 3.8) is 0 Å². The van der Waals surface area contributed by atoms with Crippen LogP contribution in [0.3, 0.4) is 0 Å². The van der Waals surface area contributed by atoms with Gasteiger partial charge in [0.25, 0.3) is 0 Å². The highest BCUT2D eigenvalue weighted by Gasteiger charge is 2.18. The van der Waals surface area contributed by atoms with Crippen molar-refractivity contribution in [3.05, 3.63) is 34.3 Å². The molecule has 1 aromatic heterocycles. The van der Waals surface area contributed by atoms with E-state index in [-0.39, 0.29) is 6.10 Å². The molecule has 0 aliphatic carbocycles. The largest absolute Gasteiger partial charge is 0.484 e. The maximum absolute atomic E-state index is 5.88. The van der Waals surface area contributed by atoms with Crippen molar-refractivity contribution in [1.29, 1.82) is 0 Å². The van der Waals surface area contributed by atoms with E-state index in [2.05, 4.69) is 37.3 Å². The number of aromatic nitrogens is 1. The molecule has 2 aromatic rings. The highest BCUT2D eigenvalue weighted by Crippen LogP contribution is 2.38. The number of anilines is 2. The summed E-state index contributed by atoms with van der Waals surface area (Å²) in [5, 5.41) is 0.958. The van der Waals surface area contributed by atoms with Gasteiger partial charge in [-0.1, -0.05) is 28.1 Å². The molecule has 0 radical (unpaired) electrons. The van der Waals surface area contributed by atoms with E-state index >= 15 is 0 Å². The van der Waals surface area contributed by atoms with Gasteiger partial charge in [-0.05, 0) is 43.1 Å². The zero-order valence-corrected chi connectivity index (χ0v) is 14.2. The minimum Gasteiger partial charge on any atom is -0.484 e. The van der Waals surface area contributed by atoms with Gasteiger partial charge in [-0.2, -0.15) is 4.37 Å². The third-order valence-corrected chi connectivity index (χ3v) is 4.18. The first-order valence-electron chi connectivity index (χ1n) is 6.34. The molecule has 0 saturated carbocycles. The molecule has 0 spiro atoms. The second kappa shape index (κ2) is 6.45. The van der Waals surface area contributed by atoms with E-state index < -0.39 is 0 Å². The van der Waals surface area contributed by atoms with Gasteiger partial charge in [0.05, 0.1) is 6.10 Å². The minimum absolute atomic E-state index is 0.0773. The Morgan fingerprint density at radius 1 is 1.35 bits per heavy atom. The number of rotatable bonds is 5. The van der Waals surface area contributed by atoms with Gasteiger partial charge in [0.1, 0.15) is 0 Å². The quantitative estimate of drug-likeness (QED) is 0.883. The number of hydrogen-bond acceptors (Lipinski definition) is 5. The molecule has 1 heterocycles. The lowest BCUT2D eigenvalue weighted by atomic mass is 10.2. The molecule has 0 atom stereocenters. The Labute approximate surface area is 131 Å². The van der Waals surface area contributed by atoms with Crippen molar-refractivity contribution in [1.82, 2.24) is 4.37 Å². The summed E-state index contributed by atoms with van der Waals surface area (Å²) in [5.74, 6) is 1.14. The molecule has 0 bridgehead atoms. The lowest BCUT2D eigenvalue weighted by Gasteiger charge is -2.19. The molecule has 0 fully saturated rings. The second-order valence-electron chi connectivity index (χ2n) is 4.85. The lowest BCUT2D eigenvalue weighted by molar-refractivity contribution is 0.245. The Balaban J connectivity index is 2.16. The van der Waals surface area contributed by atoms with E-state index in [9.17, 15) is 0 Å². The normalized spacial score (nSPS) is 10.8. The molecular weight excluding hydrogens is 338 g/mol. The summed E-state index contributed by atoms with van der Waals surface area (Å²) < 4.78 is 11.0. The van der Waals surface area contributed by atoms with Crippen LogP contribution in [-0.2, 0) is 6.54 Å². The molecule has 0 aliphatic rings. The molecule has 2 N–H and O–H groups in total. The summed E-state index contributed by atoms with van der Waals surface area (Å²) in [5.41, 5.74) is 7.10. The fourth-order valence-electron chi connectivity index (χ4n) is 1.81. The number of hydrogen-bond donors (Lipinski definition) is 1. The average molecular weight is 356 g/mol. The Bertz CT molecular complexity index is 568. The summed E-state index contributed by atoms with van der Waals surface area (Å²) in [4.78, 5) is 2.11. The van der Waals surface area contributed by atoms with Gasteiger partial charge >= 0.3 is 0 Å². The van der Waals surface area contributed by atoms with Gasteiger partial charge in [0.15, 0.2) is 16.6 Å². The van der Waals surface area contributed by atoms with E-state index in [1.54, 1.807) is 0 Å². The molecule has 20 heavy (non-hydrogen) atoms. The smallest absolute Gasteiger partial charge is 0.198 e. The van der Waals surface area contributed by atoms with Crippen LogP contribution in [0, 0.1) is 0 Å². The Morgan fingerprint density at radius 3 is 2.60 bits per heavy atom. The summed E-state index contributed by atoms with van der Waals surface area (Å²) in [7, 11) is 2.02. The van der Waals surface area contributed by atoms with Crippen LogP contribution in [0.25, 0.3) is 0 Å². The Hall–Kier alpha value is -1.27. The van der Waals surface area contributed by atoms with Gasteiger partial charge in [-0.3, -0.25) is 0 Å². The van der Waals surface area contributed by atoms with Gasteiger partial charge in [0.2, 0.25) is 0 Å². The average Bonchev–Trinajstić information content (AvgIpc) is 2.73. The van der Waals surface area contributed by atoms with Crippen molar-refractivity contribution < 1.29 is 4.74 Å². The molecule has 4 nitrogen and oxygen atoms in total. The second-order valence-corrected chi connectivity index (χ2v) is 6.52. The van der Waals surface area contributed by atoms with E-state index in [4.69, 9.17) is 10.5 Å².